The van der Waals surface area contributed by atoms with Gasteiger partial charge in [-0.15, -0.1) is 0 Å². The molecule has 0 aliphatic carbocycles. The number of hydrogen-bond acceptors (Lipinski definition) is 6. The van der Waals surface area contributed by atoms with E-state index in [1.807, 2.05) is 16.8 Å². The van der Waals surface area contributed by atoms with Gasteiger partial charge in [0.2, 0.25) is 5.91 Å². The fourth-order valence-electron chi connectivity index (χ4n) is 2.33. The lowest BCUT2D eigenvalue weighted by atomic mass is 10.1. The maximum Gasteiger partial charge on any atom is 0.227 e. The van der Waals surface area contributed by atoms with Crippen LogP contribution >= 0.6 is 11.3 Å². The van der Waals surface area contributed by atoms with E-state index in [1.165, 1.54) is 0 Å². The molecule has 0 aromatic carbocycles. The SMILES string of the molecule is Nc1nccnc1[C@@H]1CN(C(=O)Cc2ccsc2)CCO1. The molecule has 0 unspecified atom stereocenters. The Kier molecular flexibility index (Phi) is 4.12. The van der Waals surface area contributed by atoms with Crippen LogP contribution in [0.4, 0.5) is 5.82 Å². The highest BCUT2D eigenvalue weighted by atomic mass is 32.1. The molecule has 2 aromatic rings. The Labute approximate surface area is 126 Å². The van der Waals surface area contributed by atoms with E-state index >= 15 is 0 Å². The summed E-state index contributed by atoms with van der Waals surface area (Å²) in [5.41, 5.74) is 7.48. The highest BCUT2D eigenvalue weighted by Gasteiger charge is 2.27. The molecule has 0 saturated carbocycles. The number of aromatic nitrogens is 2. The number of hydrogen-bond donors (Lipinski definition) is 1. The minimum absolute atomic E-state index is 0.101. The molecule has 1 amide bonds. The van der Waals surface area contributed by atoms with Crippen LogP contribution in [0.2, 0.25) is 0 Å². The molecule has 110 valence electrons. The largest absolute Gasteiger partial charge is 0.382 e. The van der Waals surface area contributed by atoms with Crippen LogP contribution in [-0.4, -0.2) is 40.5 Å². The third-order valence-electron chi connectivity index (χ3n) is 3.42. The van der Waals surface area contributed by atoms with E-state index in [2.05, 4.69) is 9.97 Å². The summed E-state index contributed by atoms with van der Waals surface area (Å²) in [5.74, 6) is 0.457. The van der Waals surface area contributed by atoms with Gasteiger partial charge in [-0.25, -0.2) is 4.98 Å². The standard InChI is InChI=1S/C14H16N4O2S/c15-14-13(16-2-3-17-14)11-8-18(4-5-20-11)12(19)7-10-1-6-21-9-10/h1-3,6,9,11H,4-5,7-8H2,(H2,15,17)/t11-/m0/s1. The number of carbonyl (C=O) groups is 1. The van der Waals surface area contributed by atoms with Gasteiger partial charge in [0.25, 0.3) is 0 Å². The first kappa shape index (κ1) is 14.0. The first-order valence-electron chi connectivity index (χ1n) is 6.71. The molecule has 1 aliphatic rings. The highest BCUT2D eigenvalue weighted by molar-refractivity contribution is 7.07. The van der Waals surface area contributed by atoms with Gasteiger partial charge in [-0.2, -0.15) is 11.3 Å². The van der Waals surface area contributed by atoms with E-state index in [1.54, 1.807) is 28.6 Å². The summed E-state index contributed by atoms with van der Waals surface area (Å²) in [6.07, 6.45) is 3.24. The van der Waals surface area contributed by atoms with E-state index in [0.717, 1.165) is 5.56 Å². The Bertz CT molecular complexity index is 617. The van der Waals surface area contributed by atoms with Crippen LogP contribution in [0.3, 0.4) is 0 Å². The maximum atomic E-state index is 12.3. The van der Waals surface area contributed by atoms with Crippen molar-refractivity contribution in [2.75, 3.05) is 25.4 Å². The number of morpholine rings is 1. The number of thiophene rings is 1. The van der Waals surface area contributed by atoms with Crippen molar-refractivity contribution in [3.05, 3.63) is 40.5 Å². The zero-order chi connectivity index (χ0) is 14.7. The second-order valence-electron chi connectivity index (χ2n) is 4.83. The molecule has 0 spiro atoms. The summed E-state index contributed by atoms with van der Waals surface area (Å²) in [6, 6.07) is 1.97. The average Bonchev–Trinajstić information content (AvgIpc) is 3.01. The Hall–Kier alpha value is -1.99. The number of amides is 1. The van der Waals surface area contributed by atoms with Crippen molar-refractivity contribution >= 4 is 23.1 Å². The molecule has 21 heavy (non-hydrogen) atoms. The summed E-state index contributed by atoms with van der Waals surface area (Å²) >= 11 is 1.60. The van der Waals surface area contributed by atoms with Crippen LogP contribution in [0, 0.1) is 0 Å². The Morgan fingerprint density at radius 2 is 2.33 bits per heavy atom. The van der Waals surface area contributed by atoms with Gasteiger partial charge in [-0.1, -0.05) is 0 Å². The molecule has 6 nitrogen and oxygen atoms in total. The highest BCUT2D eigenvalue weighted by Crippen LogP contribution is 2.24. The first-order valence-corrected chi connectivity index (χ1v) is 7.65. The van der Waals surface area contributed by atoms with Gasteiger partial charge in [-0.3, -0.25) is 9.78 Å². The number of carbonyl (C=O) groups excluding carboxylic acids is 1. The van der Waals surface area contributed by atoms with Crippen LogP contribution in [-0.2, 0) is 16.0 Å². The van der Waals surface area contributed by atoms with E-state index in [9.17, 15) is 4.79 Å². The van der Waals surface area contributed by atoms with Crippen LogP contribution in [0.1, 0.15) is 17.4 Å². The Morgan fingerprint density at radius 3 is 3.10 bits per heavy atom. The summed E-state index contributed by atoms with van der Waals surface area (Å²) in [7, 11) is 0. The minimum atomic E-state index is -0.307. The number of nitrogen functional groups attached to an aromatic ring is 1. The van der Waals surface area contributed by atoms with Gasteiger partial charge < -0.3 is 15.4 Å². The minimum Gasteiger partial charge on any atom is -0.382 e. The van der Waals surface area contributed by atoms with Crippen LogP contribution < -0.4 is 5.73 Å². The van der Waals surface area contributed by atoms with Crippen molar-refractivity contribution in [1.29, 1.82) is 0 Å². The van der Waals surface area contributed by atoms with E-state index < -0.39 is 0 Å². The molecule has 0 radical (unpaired) electrons. The van der Waals surface area contributed by atoms with E-state index in [0.29, 0.717) is 37.6 Å². The average molecular weight is 304 g/mol. The molecule has 1 fully saturated rings. The molecule has 2 N–H and O–H groups in total. The van der Waals surface area contributed by atoms with Crippen molar-refractivity contribution in [3.8, 4) is 0 Å². The second kappa shape index (κ2) is 6.19. The summed E-state index contributed by atoms with van der Waals surface area (Å²) in [5, 5.41) is 3.97. The van der Waals surface area contributed by atoms with Crippen molar-refractivity contribution in [3.63, 3.8) is 0 Å². The fraction of sp³-hybridized carbons (Fsp3) is 0.357. The van der Waals surface area contributed by atoms with Crippen molar-refractivity contribution in [2.45, 2.75) is 12.5 Å². The van der Waals surface area contributed by atoms with E-state index in [-0.39, 0.29) is 12.0 Å². The molecule has 3 heterocycles. The molecular formula is C14H16N4O2S. The third kappa shape index (κ3) is 3.20. The number of nitrogens with two attached hydrogens (primary N) is 1. The summed E-state index contributed by atoms with van der Waals surface area (Å²) in [4.78, 5) is 22.4. The normalized spacial score (nSPS) is 18.7. The molecule has 1 aliphatic heterocycles. The van der Waals surface area contributed by atoms with Crippen molar-refractivity contribution < 1.29 is 9.53 Å². The van der Waals surface area contributed by atoms with Crippen molar-refractivity contribution in [1.82, 2.24) is 14.9 Å². The quantitative estimate of drug-likeness (QED) is 0.923. The van der Waals surface area contributed by atoms with Gasteiger partial charge in [0.15, 0.2) is 0 Å². The zero-order valence-corrected chi connectivity index (χ0v) is 12.3. The number of anilines is 1. The summed E-state index contributed by atoms with van der Waals surface area (Å²) < 4.78 is 5.69. The Morgan fingerprint density at radius 1 is 1.48 bits per heavy atom. The molecule has 3 rings (SSSR count). The van der Waals surface area contributed by atoms with Crippen molar-refractivity contribution in [2.24, 2.45) is 0 Å². The number of nitrogens with zero attached hydrogens (tertiary/aromatic N) is 3. The zero-order valence-electron chi connectivity index (χ0n) is 11.4. The number of rotatable bonds is 3. The number of ether oxygens (including phenoxy) is 1. The van der Waals surface area contributed by atoms with Crippen LogP contribution in [0.25, 0.3) is 0 Å². The molecule has 7 heteroatoms. The van der Waals surface area contributed by atoms with Crippen LogP contribution in [0.15, 0.2) is 29.2 Å². The molecular weight excluding hydrogens is 288 g/mol. The van der Waals surface area contributed by atoms with E-state index in [4.69, 9.17) is 10.5 Å². The van der Waals surface area contributed by atoms with Gasteiger partial charge in [0.05, 0.1) is 19.6 Å². The lowest BCUT2D eigenvalue weighted by molar-refractivity contribution is -0.138. The van der Waals surface area contributed by atoms with Gasteiger partial charge in [-0.05, 0) is 22.4 Å². The predicted octanol–water partition coefficient (Wildman–Crippen LogP) is 1.26. The van der Waals surface area contributed by atoms with Crippen LogP contribution in [0.5, 0.6) is 0 Å². The smallest absolute Gasteiger partial charge is 0.227 e. The molecule has 2 aromatic heterocycles. The molecule has 1 saturated heterocycles. The maximum absolute atomic E-state index is 12.3. The van der Waals surface area contributed by atoms with Gasteiger partial charge >= 0.3 is 0 Å². The monoisotopic (exact) mass is 304 g/mol. The predicted molar refractivity (Wildman–Crippen MR) is 79.7 cm³/mol. The first-order chi connectivity index (χ1) is 10.2. The Balaban J connectivity index is 1.68. The lowest BCUT2D eigenvalue weighted by Gasteiger charge is -2.32. The third-order valence-corrected chi connectivity index (χ3v) is 4.15. The summed E-state index contributed by atoms with van der Waals surface area (Å²) in [6.45, 7) is 1.54. The topological polar surface area (TPSA) is 81.3 Å². The second-order valence-corrected chi connectivity index (χ2v) is 5.61. The fourth-order valence-corrected chi connectivity index (χ4v) is 3.00. The lowest BCUT2D eigenvalue weighted by Crippen LogP contribution is -2.43. The molecule has 0 bridgehead atoms. The molecule has 1 atom stereocenters. The van der Waals surface area contributed by atoms with Gasteiger partial charge in [0, 0.05) is 18.9 Å². The van der Waals surface area contributed by atoms with Gasteiger partial charge in [0.1, 0.15) is 17.6 Å².